The van der Waals surface area contributed by atoms with Crippen LogP contribution in [0, 0.1) is 36.5 Å². The van der Waals surface area contributed by atoms with E-state index in [-0.39, 0.29) is 61.5 Å². The summed E-state index contributed by atoms with van der Waals surface area (Å²) in [7, 11) is 1.44. The number of carbonyl (C=O) groups excluding carboxylic acids is 3. The van der Waals surface area contributed by atoms with Crippen molar-refractivity contribution >= 4 is 56.3 Å². The number of hydrogen-bond donors (Lipinski definition) is 6. The molecule has 6 N–H and O–H groups in total. The second-order valence-electron chi connectivity index (χ2n) is 18.2. The van der Waals surface area contributed by atoms with Gasteiger partial charge in [-0.1, -0.05) is 52.8 Å². The van der Waals surface area contributed by atoms with Gasteiger partial charge in [0.1, 0.15) is 34.7 Å². The fourth-order valence-corrected chi connectivity index (χ4v) is 9.86. The van der Waals surface area contributed by atoms with Crippen molar-refractivity contribution in [1.29, 1.82) is 0 Å². The molecule has 0 spiro atoms. The van der Waals surface area contributed by atoms with Gasteiger partial charge in [0.2, 0.25) is 6.29 Å². The fraction of sp³-hybridized carbons (Fsp3) is 0.500. The van der Waals surface area contributed by atoms with E-state index in [0.717, 1.165) is 25.9 Å². The van der Waals surface area contributed by atoms with Crippen molar-refractivity contribution in [3.8, 4) is 11.5 Å². The van der Waals surface area contributed by atoms with E-state index in [1.807, 2.05) is 0 Å². The van der Waals surface area contributed by atoms with E-state index in [4.69, 9.17) is 28.3 Å². The lowest BCUT2D eigenvalue weighted by Gasteiger charge is -2.38. The normalized spacial score (nSPS) is 31.3. The summed E-state index contributed by atoms with van der Waals surface area (Å²) in [5.74, 6) is -6.34. The van der Waals surface area contributed by atoms with E-state index in [1.165, 1.54) is 39.4 Å². The number of amides is 1. The van der Waals surface area contributed by atoms with E-state index in [2.05, 4.69) is 10.6 Å². The number of benzene rings is 3. The van der Waals surface area contributed by atoms with Crippen LogP contribution in [0.5, 0.6) is 11.5 Å². The van der Waals surface area contributed by atoms with Gasteiger partial charge in [-0.25, -0.2) is 4.98 Å². The van der Waals surface area contributed by atoms with Gasteiger partial charge in [-0.15, -0.1) is 0 Å². The molecule has 3 heterocycles. The molecule has 0 saturated carbocycles. The van der Waals surface area contributed by atoms with Crippen LogP contribution in [0.1, 0.15) is 88.7 Å². The van der Waals surface area contributed by atoms with Gasteiger partial charge in [0.25, 0.3) is 5.91 Å². The highest BCUT2D eigenvalue weighted by Crippen LogP contribution is 2.49. The van der Waals surface area contributed by atoms with Gasteiger partial charge in [0.15, 0.2) is 28.1 Å². The number of ether oxygens (including phenoxy) is 4. The van der Waals surface area contributed by atoms with E-state index < -0.39 is 95.1 Å². The predicted octanol–water partition coefficient (Wildman–Crippen LogP) is 6.07. The summed E-state index contributed by atoms with van der Waals surface area (Å²) in [5, 5.41) is 52.8. The highest BCUT2D eigenvalue weighted by atomic mass is 16.6. The summed E-state index contributed by atoms with van der Waals surface area (Å²) in [6, 6.07) is 5.11. The number of aliphatic hydroxyl groups is 3. The molecule has 66 heavy (non-hydrogen) atoms. The second-order valence-corrected chi connectivity index (χ2v) is 18.2. The van der Waals surface area contributed by atoms with Crippen molar-refractivity contribution in [1.82, 2.24) is 10.3 Å². The molecular weight excluding hydrogens is 851 g/mol. The lowest BCUT2D eigenvalue weighted by Crippen LogP contribution is -2.46. The smallest absolute Gasteiger partial charge is 0.302 e. The minimum Gasteiger partial charge on any atom is -0.505 e. The summed E-state index contributed by atoms with van der Waals surface area (Å²) in [6.07, 6.45) is 3.52. The van der Waals surface area contributed by atoms with Crippen LogP contribution in [0.15, 0.2) is 63.6 Å². The number of nitrogens with one attached hydrogen (secondary N) is 2. The number of esters is 1. The Hall–Kier alpha value is -5.65. The molecule has 3 bridgehead atoms. The number of anilines is 1. The molecule has 0 radical (unpaired) electrons. The average molecular weight is 912 g/mol. The van der Waals surface area contributed by atoms with Gasteiger partial charge >= 0.3 is 5.97 Å². The summed E-state index contributed by atoms with van der Waals surface area (Å²) < 4.78 is 30.2. The Kier molecular flexibility index (Phi) is 14.4. The predicted molar refractivity (Wildman–Crippen MR) is 247 cm³/mol. The molecular formula is C50H61N3O13. The van der Waals surface area contributed by atoms with Crippen LogP contribution >= 0.6 is 0 Å². The Balaban J connectivity index is 1.43. The SMILES string of the molecule is CO[C@H]1/C=C/O[C@@H](O)C2c3c(C)c(=O)c4c(O)c(c5oc6cc(OC7CCNCC7)ccc6nc5c4c3C(=O)[C@@H]2C)NC(=O)/C(C)=C\C=C\[C@H](C)[C@H](O)[C@@H](C)[C@@H](O)[C@@H](C)[C@H](OC(C)=O)[C@@H]1C. The molecule has 1 aromatic heterocycles. The number of carbonyl (C=O) groups is 3. The van der Waals surface area contributed by atoms with Gasteiger partial charge in [-0.2, -0.15) is 0 Å². The summed E-state index contributed by atoms with van der Waals surface area (Å²) >= 11 is 0. The summed E-state index contributed by atoms with van der Waals surface area (Å²) in [6.45, 7) is 14.5. The van der Waals surface area contributed by atoms with Crippen LogP contribution in [-0.2, 0) is 23.8 Å². The number of ketones is 1. The van der Waals surface area contributed by atoms with Gasteiger partial charge in [-0.3, -0.25) is 19.2 Å². The Morgan fingerprint density at radius 3 is 2.32 bits per heavy atom. The summed E-state index contributed by atoms with van der Waals surface area (Å²) in [4.78, 5) is 60.5. The fourth-order valence-electron chi connectivity index (χ4n) is 9.86. The molecule has 3 aromatic carbocycles. The van der Waals surface area contributed by atoms with E-state index >= 15 is 0 Å². The van der Waals surface area contributed by atoms with E-state index in [1.54, 1.807) is 71.9 Å². The van der Waals surface area contributed by atoms with Crippen molar-refractivity contribution in [3.05, 3.63) is 81.3 Å². The van der Waals surface area contributed by atoms with Crippen molar-refractivity contribution in [2.75, 3.05) is 25.5 Å². The number of piperidine rings is 1. The monoisotopic (exact) mass is 911 g/mol. The molecule has 1 unspecified atom stereocenters. The van der Waals surface area contributed by atoms with Gasteiger partial charge in [0.05, 0.1) is 35.9 Å². The first-order valence-electron chi connectivity index (χ1n) is 22.6. The number of allylic oxidation sites excluding steroid dienone is 2. The number of aromatic hydroxyl groups is 1. The number of fused-ring (bicyclic) bond motifs is 7. The van der Waals surface area contributed by atoms with Crippen molar-refractivity contribution in [3.63, 3.8) is 0 Å². The minimum absolute atomic E-state index is 0.00235. The maximum absolute atomic E-state index is 14.6. The Bertz CT molecular complexity index is 2680. The van der Waals surface area contributed by atoms with E-state index in [9.17, 15) is 39.6 Å². The van der Waals surface area contributed by atoms with Gasteiger partial charge < -0.3 is 54.4 Å². The molecule has 2 aliphatic heterocycles. The van der Waals surface area contributed by atoms with Crippen LogP contribution in [0.3, 0.4) is 0 Å². The Morgan fingerprint density at radius 1 is 0.924 bits per heavy atom. The van der Waals surface area contributed by atoms with Crippen LogP contribution in [-0.4, -0.2) is 100 Å². The number of phenols is 1. The first kappa shape index (κ1) is 48.3. The Morgan fingerprint density at radius 2 is 1.64 bits per heavy atom. The molecule has 7 rings (SSSR count). The zero-order valence-electron chi connectivity index (χ0n) is 38.8. The van der Waals surface area contributed by atoms with Crippen LogP contribution in [0.25, 0.3) is 33.0 Å². The maximum Gasteiger partial charge on any atom is 0.302 e. The average Bonchev–Trinajstić information content (AvgIpc) is 3.56. The largest absolute Gasteiger partial charge is 0.505 e. The minimum atomic E-state index is -1.67. The van der Waals surface area contributed by atoms with Crippen LogP contribution < -0.4 is 20.8 Å². The third-order valence-electron chi connectivity index (χ3n) is 13.8. The molecule has 11 atom stereocenters. The number of methoxy groups -OCH3 is 1. The first-order valence-corrected chi connectivity index (χ1v) is 22.6. The molecule has 16 heteroatoms. The molecule has 1 fully saturated rings. The number of Topliss-reactive ketones (excluding diaryl/α,β-unsaturated/α-hetero) is 1. The molecule has 1 amide bonds. The van der Waals surface area contributed by atoms with Gasteiger partial charge in [0, 0.05) is 71.8 Å². The number of aromatic nitrogens is 1. The van der Waals surface area contributed by atoms with Crippen molar-refractivity contribution in [2.24, 2.45) is 29.6 Å². The van der Waals surface area contributed by atoms with Crippen molar-refractivity contribution in [2.45, 2.75) is 111 Å². The lowest BCUT2D eigenvalue weighted by atomic mass is 9.78. The highest BCUT2D eigenvalue weighted by Gasteiger charge is 2.46. The molecule has 1 aliphatic carbocycles. The van der Waals surface area contributed by atoms with Gasteiger partial charge in [-0.05, 0) is 63.6 Å². The highest BCUT2D eigenvalue weighted by molar-refractivity contribution is 6.25. The molecule has 16 nitrogen and oxygen atoms in total. The number of nitrogens with zero attached hydrogens (tertiary/aromatic N) is 1. The lowest BCUT2D eigenvalue weighted by molar-refractivity contribution is -0.160. The van der Waals surface area contributed by atoms with Crippen LogP contribution in [0.2, 0.25) is 0 Å². The number of hydrogen-bond acceptors (Lipinski definition) is 15. The van der Waals surface area contributed by atoms with E-state index in [0.29, 0.717) is 11.3 Å². The van der Waals surface area contributed by atoms with Crippen molar-refractivity contribution < 1.29 is 58.2 Å². The maximum atomic E-state index is 14.6. The number of rotatable bonds is 4. The number of aliphatic hydroxyl groups excluding tert-OH is 3. The Labute approximate surface area is 382 Å². The quantitative estimate of drug-likeness (QED) is 0.0590. The zero-order valence-corrected chi connectivity index (χ0v) is 38.8. The third kappa shape index (κ3) is 9.08. The summed E-state index contributed by atoms with van der Waals surface area (Å²) in [5.41, 5.74) is 0.0804. The molecule has 354 valence electrons. The topological polar surface area (TPSA) is 236 Å². The molecule has 1 saturated heterocycles. The molecule has 3 aliphatic rings. The number of phenolic OH excluding ortho intramolecular Hbond substituents is 1. The standard InChI is InChI=1S/C50H61N3O13/c1-22-11-10-12-23(2)49(60)53-41-46(59)39-37(40-48(41)66-34-21-31(13-14-32(34)52-40)65-30-15-18-51-19-16-30)38-35(25(4)45(39)58)36(26(5)44(38)57)50(61)63-20-17-33(62-9)24(3)47(64-29(8)54)28(7)43(56)27(6)42(22)55/h10-14,17,20-22,24,26-28,30,33,36,42-43,47,50-51,55-56,59,61H,15-16,18-19H2,1-9H3,(H,53,60)/b11-10+,20-17+,23-12-/t22-,24+,26+,27+,28+,33-,36?,42-,43+,47+,50+/m0/s1. The second kappa shape index (κ2) is 19.7. The first-order chi connectivity index (χ1) is 31.4. The third-order valence-corrected chi connectivity index (χ3v) is 13.8. The zero-order chi connectivity index (χ0) is 47.9. The molecule has 4 aromatic rings. The van der Waals surface area contributed by atoms with Crippen LogP contribution in [0.4, 0.5) is 5.69 Å².